The number of thiophene rings is 1. The second kappa shape index (κ2) is 8.09. The Bertz CT molecular complexity index is 804. The maximum atomic E-state index is 12.1. The maximum absolute atomic E-state index is 12.1. The van der Waals surface area contributed by atoms with Gasteiger partial charge in [0.15, 0.2) is 17.2 Å². The number of benzene rings is 1. The average Bonchev–Trinajstić information content (AvgIpc) is 2.88. The largest absolute Gasteiger partial charge is 0.508 e. The summed E-state index contributed by atoms with van der Waals surface area (Å²) < 4.78 is 16.1. The summed E-state index contributed by atoms with van der Waals surface area (Å²) in [4.78, 5) is 24.9. The Hall–Kier alpha value is -2.06. The van der Waals surface area contributed by atoms with Gasteiger partial charge in [-0.2, -0.15) is 0 Å². The molecule has 0 bridgehead atoms. The highest BCUT2D eigenvalue weighted by Crippen LogP contribution is 2.46. The first-order chi connectivity index (χ1) is 12.1. The summed E-state index contributed by atoms with van der Waals surface area (Å²) in [6.45, 7) is 4.93. The summed E-state index contributed by atoms with van der Waals surface area (Å²) >= 11 is 4.59. The molecule has 26 heavy (non-hydrogen) atoms. The van der Waals surface area contributed by atoms with E-state index < -0.39 is 17.5 Å². The summed E-state index contributed by atoms with van der Waals surface area (Å²) in [5.41, 5.74) is 0.145. The monoisotopic (exact) mass is 442 g/mol. The van der Waals surface area contributed by atoms with Crippen molar-refractivity contribution in [3.05, 3.63) is 33.6 Å². The van der Waals surface area contributed by atoms with E-state index in [0.717, 1.165) is 16.9 Å². The Morgan fingerprint density at radius 3 is 2.35 bits per heavy atom. The highest BCUT2D eigenvalue weighted by atomic mass is 79.9. The van der Waals surface area contributed by atoms with Crippen LogP contribution in [0.25, 0.3) is 10.4 Å². The second-order valence-corrected chi connectivity index (χ2v) is 8.13. The molecule has 0 spiro atoms. The highest BCUT2D eigenvalue weighted by Gasteiger charge is 2.26. The zero-order valence-corrected chi connectivity index (χ0v) is 17.2. The molecule has 1 aromatic heterocycles. The van der Waals surface area contributed by atoms with Crippen molar-refractivity contribution >= 4 is 39.2 Å². The molecule has 1 heterocycles. The van der Waals surface area contributed by atoms with Crippen molar-refractivity contribution in [2.75, 3.05) is 13.7 Å². The van der Waals surface area contributed by atoms with Gasteiger partial charge in [-0.1, -0.05) is 0 Å². The second-order valence-electron chi connectivity index (χ2n) is 6.32. The SMILES string of the molecule is COC(=O)c1sc(-c2ccc(O)cc2)c(Br)c1OCC(=O)OC(C)(C)C. The van der Waals surface area contributed by atoms with Crippen LogP contribution in [0.1, 0.15) is 30.4 Å². The number of rotatable bonds is 5. The van der Waals surface area contributed by atoms with E-state index >= 15 is 0 Å². The minimum atomic E-state index is -0.630. The number of methoxy groups -OCH3 is 1. The van der Waals surface area contributed by atoms with Gasteiger partial charge in [0.25, 0.3) is 0 Å². The number of phenols is 1. The Morgan fingerprint density at radius 1 is 1.19 bits per heavy atom. The molecule has 0 atom stereocenters. The molecule has 0 aliphatic heterocycles. The fourth-order valence-electron chi connectivity index (χ4n) is 2.05. The van der Waals surface area contributed by atoms with E-state index in [9.17, 15) is 14.7 Å². The van der Waals surface area contributed by atoms with Crippen LogP contribution in [0.3, 0.4) is 0 Å². The Labute approximate surface area is 163 Å². The van der Waals surface area contributed by atoms with Crippen molar-refractivity contribution in [1.82, 2.24) is 0 Å². The van der Waals surface area contributed by atoms with Gasteiger partial charge in [-0.3, -0.25) is 0 Å². The van der Waals surface area contributed by atoms with Gasteiger partial charge in [0.1, 0.15) is 11.4 Å². The standard InChI is InChI=1S/C18H19BrO6S/c1-18(2,3)25-12(21)9-24-14-13(19)15(26-16(14)17(22)23-4)10-5-7-11(20)8-6-10/h5-8,20H,9H2,1-4H3. The zero-order valence-electron chi connectivity index (χ0n) is 14.8. The van der Waals surface area contributed by atoms with Gasteiger partial charge >= 0.3 is 11.9 Å². The Kier molecular flexibility index (Phi) is 6.30. The fraction of sp³-hybridized carbons (Fsp3) is 0.333. The number of aromatic hydroxyl groups is 1. The van der Waals surface area contributed by atoms with Crippen LogP contribution in [0.2, 0.25) is 0 Å². The molecule has 1 N–H and O–H groups in total. The summed E-state index contributed by atoms with van der Waals surface area (Å²) in [6, 6.07) is 6.51. The first-order valence-corrected chi connectivity index (χ1v) is 9.28. The predicted molar refractivity (Wildman–Crippen MR) is 102 cm³/mol. The topological polar surface area (TPSA) is 82.1 Å². The van der Waals surface area contributed by atoms with E-state index in [4.69, 9.17) is 14.2 Å². The molecule has 2 aromatic rings. The first-order valence-electron chi connectivity index (χ1n) is 7.67. The predicted octanol–water partition coefficient (Wildman–Crippen LogP) is 4.39. The smallest absolute Gasteiger partial charge is 0.351 e. The molecule has 0 unspecified atom stereocenters. The van der Waals surface area contributed by atoms with Crippen LogP contribution in [-0.4, -0.2) is 36.4 Å². The number of carbonyl (C=O) groups excluding carboxylic acids is 2. The van der Waals surface area contributed by atoms with E-state index in [1.807, 2.05) is 0 Å². The lowest BCUT2D eigenvalue weighted by atomic mass is 10.2. The lowest BCUT2D eigenvalue weighted by Crippen LogP contribution is -2.27. The molecular weight excluding hydrogens is 424 g/mol. The summed E-state index contributed by atoms with van der Waals surface area (Å²) in [7, 11) is 1.27. The van der Waals surface area contributed by atoms with E-state index in [-0.39, 0.29) is 23.0 Å². The fourth-order valence-corrected chi connectivity index (χ4v) is 4.03. The number of hydrogen-bond acceptors (Lipinski definition) is 7. The van der Waals surface area contributed by atoms with Crippen molar-refractivity contribution in [3.8, 4) is 21.9 Å². The third kappa shape index (κ3) is 4.98. The van der Waals surface area contributed by atoms with Gasteiger partial charge in [0, 0.05) is 0 Å². The molecule has 0 radical (unpaired) electrons. The maximum Gasteiger partial charge on any atom is 0.351 e. The number of phenolic OH excluding ortho intramolecular Hbond substituents is 1. The van der Waals surface area contributed by atoms with Crippen LogP contribution in [0.4, 0.5) is 0 Å². The van der Waals surface area contributed by atoms with Crippen molar-refractivity contribution in [2.45, 2.75) is 26.4 Å². The van der Waals surface area contributed by atoms with Gasteiger partial charge in [0.05, 0.1) is 16.5 Å². The lowest BCUT2D eigenvalue weighted by Gasteiger charge is -2.19. The number of hydrogen-bond donors (Lipinski definition) is 1. The molecule has 0 aliphatic rings. The molecule has 0 amide bonds. The van der Waals surface area contributed by atoms with Crippen molar-refractivity contribution < 1.29 is 28.9 Å². The number of ether oxygens (including phenoxy) is 3. The molecule has 8 heteroatoms. The van der Waals surface area contributed by atoms with E-state index in [1.54, 1.807) is 45.0 Å². The van der Waals surface area contributed by atoms with Gasteiger partial charge in [-0.15, -0.1) is 11.3 Å². The average molecular weight is 443 g/mol. The minimum absolute atomic E-state index is 0.135. The van der Waals surface area contributed by atoms with Crippen LogP contribution in [0, 0.1) is 0 Å². The third-order valence-electron chi connectivity index (χ3n) is 3.06. The molecule has 6 nitrogen and oxygen atoms in total. The molecule has 1 aromatic carbocycles. The van der Waals surface area contributed by atoms with Crippen LogP contribution >= 0.6 is 27.3 Å². The quantitative estimate of drug-likeness (QED) is 0.691. The number of halogens is 1. The molecule has 0 aliphatic carbocycles. The number of esters is 2. The van der Waals surface area contributed by atoms with Crippen LogP contribution in [-0.2, 0) is 14.3 Å². The van der Waals surface area contributed by atoms with E-state index in [0.29, 0.717) is 9.35 Å². The van der Waals surface area contributed by atoms with Crippen molar-refractivity contribution in [2.24, 2.45) is 0 Å². The van der Waals surface area contributed by atoms with E-state index in [2.05, 4.69) is 15.9 Å². The van der Waals surface area contributed by atoms with Crippen molar-refractivity contribution in [3.63, 3.8) is 0 Å². The Morgan fingerprint density at radius 2 is 1.81 bits per heavy atom. The highest BCUT2D eigenvalue weighted by molar-refractivity contribution is 9.10. The van der Waals surface area contributed by atoms with E-state index in [1.165, 1.54) is 7.11 Å². The van der Waals surface area contributed by atoms with Gasteiger partial charge < -0.3 is 19.3 Å². The van der Waals surface area contributed by atoms with Crippen molar-refractivity contribution in [1.29, 1.82) is 0 Å². The van der Waals surface area contributed by atoms with Gasteiger partial charge in [-0.05, 0) is 66.5 Å². The summed E-state index contributed by atoms with van der Waals surface area (Å²) in [5.74, 6) is -0.760. The van der Waals surface area contributed by atoms with Crippen LogP contribution < -0.4 is 4.74 Å². The first kappa shape index (κ1) is 20.3. The normalized spacial score (nSPS) is 11.1. The molecule has 140 valence electrons. The molecule has 0 fully saturated rings. The van der Waals surface area contributed by atoms with Gasteiger partial charge in [-0.25, -0.2) is 9.59 Å². The van der Waals surface area contributed by atoms with Crippen LogP contribution in [0.15, 0.2) is 28.7 Å². The molecular formula is C18H19BrO6S. The number of carbonyl (C=O) groups is 2. The Balaban J connectivity index is 2.33. The summed E-state index contributed by atoms with van der Waals surface area (Å²) in [6.07, 6.45) is 0. The third-order valence-corrected chi connectivity index (χ3v) is 5.28. The summed E-state index contributed by atoms with van der Waals surface area (Å²) in [5, 5.41) is 9.44. The zero-order chi connectivity index (χ0) is 19.5. The van der Waals surface area contributed by atoms with Crippen LogP contribution in [0.5, 0.6) is 11.5 Å². The minimum Gasteiger partial charge on any atom is -0.508 e. The molecule has 2 rings (SSSR count). The lowest BCUT2D eigenvalue weighted by molar-refractivity contribution is -0.157. The molecule has 0 saturated carbocycles. The molecule has 0 saturated heterocycles. The van der Waals surface area contributed by atoms with Gasteiger partial charge in [0.2, 0.25) is 0 Å².